The fourth-order valence-corrected chi connectivity index (χ4v) is 3.06. The first-order valence-corrected chi connectivity index (χ1v) is 9.17. The summed E-state index contributed by atoms with van der Waals surface area (Å²) in [5, 5.41) is 2.78. The summed E-state index contributed by atoms with van der Waals surface area (Å²) in [4.78, 5) is 38.1. The van der Waals surface area contributed by atoms with E-state index in [4.69, 9.17) is 46.0 Å². The zero-order valence-corrected chi connectivity index (χ0v) is 16.8. The number of amides is 4. The topological polar surface area (TPSA) is 75.7 Å². The molecule has 1 aliphatic heterocycles. The molecule has 0 unspecified atom stereocenters. The highest BCUT2D eigenvalue weighted by atomic mass is 35.5. The smallest absolute Gasteiger partial charge is 0.335 e. The molecule has 1 N–H and O–H groups in total. The van der Waals surface area contributed by atoms with Crippen molar-refractivity contribution in [3.05, 3.63) is 62.6 Å². The van der Waals surface area contributed by atoms with Crippen LogP contribution in [0.5, 0.6) is 5.75 Å². The minimum Gasteiger partial charge on any atom is -0.479 e. The molecule has 6 nitrogen and oxygen atoms in total. The molecule has 2 aromatic carbocycles. The Balaban J connectivity index is 1.96. The number of imide groups is 2. The van der Waals surface area contributed by atoms with Gasteiger partial charge in [-0.3, -0.25) is 14.9 Å². The highest BCUT2D eigenvalue weighted by Crippen LogP contribution is 2.30. The standard InChI is InChI=1S/C20H11Cl3N2O4/c1-2-7-29-17-6-3-11(9-16(17)23)8-13-18(26)24-20(28)25(19(13)27)12-4-5-14(21)15(22)10-12/h1,3-6,8-10H,7H2,(H,24,26,28)/b13-8+. The van der Waals surface area contributed by atoms with Gasteiger partial charge in [0.15, 0.2) is 0 Å². The van der Waals surface area contributed by atoms with Gasteiger partial charge in [0.1, 0.15) is 17.9 Å². The number of hydrogen-bond acceptors (Lipinski definition) is 4. The highest BCUT2D eigenvalue weighted by molar-refractivity contribution is 6.43. The van der Waals surface area contributed by atoms with Crippen LogP contribution >= 0.6 is 34.8 Å². The molecule has 3 rings (SSSR count). The van der Waals surface area contributed by atoms with Crippen LogP contribution in [-0.2, 0) is 9.59 Å². The normalized spacial score (nSPS) is 15.3. The third-order valence-corrected chi connectivity index (χ3v) is 4.88. The van der Waals surface area contributed by atoms with Crippen molar-refractivity contribution in [3.8, 4) is 18.1 Å². The molecule has 146 valence electrons. The number of nitrogens with one attached hydrogen (secondary N) is 1. The van der Waals surface area contributed by atoms with E-state index in [1.807, 2.05) is 0 Å². The molecule has 0 saturated carbocycles. The van der Waals surface area contributed by atoms with E-state index >= 15 is 0 Å². The monoisotopic (exact) mass is 448 g/mol. The fraction of sp³-hybridized carbons (Fsp3) is 0.0500. The summed E-state index contributed by atoms with van der Waals surface area (Å²) in [5.41, 5.74) is 0.352. The molecule has 0 atom stereocenters. The van der Waals surface area contributed by atoms with Gasteiger partial charge in [0.05, 0.1) is 20.8 Å². The van der Waals surface area contributed by atoms with Crippen molar-refractivity contribution in [2.75, 3.05) is 11.5 Å². The Morgan fingerprint density at radius 3 is 2.45 bits per heavy atom. The van der Waals surface area contributed by atoms with Crippen molar-refractivity contribution in [2.45, 2.75) is 0 Å². The summed E-state index contributed by atoms with van der Waals surface area (Å²) in [6.45, 7) is 0.0434. The van der Waals surface area contributed by atoms with Gasteiger partial charge in [-0.2, -0.15) is 0 Å². The van der Waals surface area contributed by atoms with Crippen LogP contribution in [0.25, 0.3) is 6.08 Å². The number of benzene rings is 2. The number of halogens is 3. The summed E-state index contributed by atoms with van der Waals surface area (Å²) < 4.78 is 5.27. The number of ether oxygens (including phenoxy) is 1. The Bertz CT molecular complexity index is 1110. The molecule has 0 bridgehead atoms. The first-order chi connectivity index (χ1) is 13.8. The van der Waals surface area contributed by atoms with Crippen LogP contribution in [0.1, 0.15) is 5.56 Å². The summed E-state index contributed by atoms with van der Waals surface area (Å²) in [6, 6.07) is 7.97. The molecule has 9 heteroatoms. The third kappa shape index (κ3) is 4.38. The van der Waals surface area contributed by atoms with Gasteiger partial charge in [0, 0.05) is 0 Å². The van der Waals surface area contributed by atoms with E-state index in [9.17, 15) is 14.4 Å². The van der Waals surface area contributed by atoms with Gasteiger partial charge in [0.2, 0.25) is 0 Å². The average molecular weight is 450 g/mol. The Morgan fingerprint density at radius 2 is 1.79 bits per heavy atom. The van der Waals surface area contributed by atoms with E-state index < -0.39 is 17.8 Å². The predicted octanol–water partition coefficient (Wildman–Crippen LogP) is 4.33. The van der Waals surface area contributed by atoms with E-state index in [0.29, 0.717) is 11.3 Å². The van der Waals surface area contributed by atoms with Crippen LogP contribution in [0, 0.1) is 12.3 Å². The van der Waals surface area contributed by atoms with E-state index in [1.54, 1.807) is 12.1 Å². The molecule has 0 spiro atoms. The lowest BCUT2D eigenvalue weighted by Crippen LogP contribution is -2.54. The second-order valence-electron chi connectivity index (χ2n) is 5.74. The number of urea groups is 1. The van der Waals surface area contributed by atoms with Gasteiger partial charge in [0.25, 0.3) is 11.8 Å². The molecule has 2 aromatic rings. The molecule has 4 amide bonds. The number of carbonyl (C=O) groups is 3. The maximum absolute atomic E-state index is 12.9. The summed E-state index contributed by atoms with van der Waals surface area (Å²) in [5.74, 6) is 1.03. The predicted molar refractivity (Wildman–Crippen MR) is 111 cm³/mol. The van der Waals surface area contributed by atoms with Crippen LogP contribution in [-0.4, -0.2) is 24.5 Å². The Labute approximate surface area is 181 Å². The Hall–Kier alpha value is -2.98. The number of terminal acetylenes is 1. The summed E-state index contributed by atoms with van der Waals surface area (Å²) >= 11 is 18.0. The minimum absolute atomic E-state index is 0.0434. The average Bonchev–Trinajstić information content (AvgIpc) is 2.67. The van der Waals surface area contributed by atoms with Crippen molar-refractivity contribution in [1.29, 1.82) is 0 Å². The lowest BCUT2D eigenvalue weighted by molar-refractivity contribution is -0.122. The van der Waals surface area contributed by atoms with E-state index in [2.05, 4.69) is 11.2 Å². The highest BCUT2D eigenvalue weighted by Gasteiger charge is 2.37. The van der Waals surface area contributed by atoms with Gasteiger partial charge in [-0.1, -0.05) is 46.8 Å². The number of carbonyl (C=O) groups excluding carboxylic acids is 3. The van der Waals surface area contributed by atoms with Crippen LogP contribution in [0.15, 0.2) is 42.0 Å². The molecule has 0 aliphatic carbocycles. The first-order valence-electron chi connectivity index (χ1n) is 8.04. The van der Waals surface area contributed by atoms with E-state index in [0.717, 1.165) is 4.90 Å². The van der Waals surface area contributed by atoms with E-state index in [-0.39, 0.29) is 32.9 Å². The number of rotatable bonds is 4. The quantitative estimate of drug-likeness (QED) is 0.428. The molecule has 0 aromatic heterocycles. The third-order valence-electron chi connectivity index (χ3n) is 3.84. The summed E-state index contributed by atoms with van der Waals surface area (Å²) in [7, 11) is 0. The zero-order chi connectivity index (χ0) is 21.1. The van der Waals surface area contributed by atoms with Crippen molar-refractivity contribution < 1.29 is 19.1 Å². The van der Waals surface area contributed by atoms with Crippen molar-refractivity contribution >= 4 is 64.4 Å². The maximum Gasteiger partial charge on any atom is 0.335 e. The molecule has 29 heavy (non-hydrogen) atoms. The minimum atomic E-state index is -0.897. The van der Waals surface area contributed by atoms with Gasteiger partial charge in [-0.15, -0.1) is 6.42 Å². The van der Waals surface area contributed by atoms with Crippen molar-refractivity contribution in [2.24, 2.45) is 0 Å². The Morgan fingerprint density at radius 1 is 1.03 bits per heavy atom. The Kier molecular flexibility index (Phi) is 6.14. The van der Waals surface area contributed by atoms with Crippen LogP contribution in [0.3, 0.4) is 0 Å². The maximum atomic E-state index is 12.9. The van der Waals surface area contributed by atoms with E-state index in [1.165, 1.54) is 30.3 Å². The summed E-state index contributed by atoms with van der Waals surface area (Å²) in [6.07, 6.45) is 6.45. The van der Waals surface area contributed by atoms with Gasteiger partial charge in [-0.25, -0.2) is 9.69 Å². The second kappa shape index (κ2) is 8.58. The number of hydrogen-bond donors (Lipinski definition) is 1. The molecule has 1 fully saturated rings. The fourth-order valence-electron chi connectivity index (χ4n) is 2.53. The van der Waals surface area contributed by atoms with Crippen LogP contribution in [0.2, 0.25) is 15.1 Å². The molecular weight excluding hydrogens is 439 g/mol. The molecule has 0 radical (unpaired) electrons. The largest absolute Gasteiger partial charge is 0.479 e. The molecule has 1 heterocycles. The van der Waals surface area contributed by atoms with Gasteiger partial charge >= 0.3 is 6.03 Å². The lowest BCUT2D eigenvalue weighted by atomic mass is 10.1. The van der Waals surface area contributed by atoms with Crippen molar-refractivity contribution in [3.63, 3.8) is 0 Å². The van der Waals surface area contributed by atoms with Gasteiger partial charge in [-0.05, 0) is 42.0 Å². The SMILES string of the molecule is C#CCOc1ccc(/C=C2\C(=O)NC(=O)N(c3ccc(Cl)c(Cl)c3)C2=O)cc1Cl. The number of barbiturate groups is 1. The number of nitrogens with zero attached hydrogens (tertiary/aromatic N) is 1. The van der Waals surface area contributed by atoms with Gasteiger partial charge < -0.3 is 4.74 Å². The second-order valence-corrected chi connectivity index (χ2v) is 6.96. The van der Waals surface area contributed by atoms with Crippen LogP contribution in [0.4, 0.5) is 10.5 Å². The van der Waals surface area contributed by atoms with Crippen LogP contribution < -0.4 is 15.0 Å². The number of anilines is 1. The lowest BCUT2D eigenvalue weighted by Gasteiger charge is -2.26. The molecule has 1 saturated heterocycles. The van der Waals surface area contributed by atoms with Crippen molar-refractivity contribution in [1.82, 2.24) is 5.32 Å². The molecule has 1 aliphatic rings. The molecular formula is C20H11Cl3N2O4. The first kappa shape index (κ1) is 20.7. The zero-order valence-electron chi connectivity index (χ0n) is 14.5.